The molecule has 0 bridgehead atoms. The zero-order valence-electron chi connectivity index (χ0n) is 26.1. The number of methoxy groups -OCH3 is 1. The molecule has 1 saturated heterocycles. The van der Waals surface area contributed by atoms with E-state index in [4.69, 9.17) is 28.4 Å². The molecule has 3 aromatic carbocycles. The van der Waals surface area contributed by atoms with Crippen molar-refractivity contribution < 1.29 is 43.4 Å². The van der Waals surface area contributed by atoms with Crippen LogP contribution < -0.4 is 14.2 Å². The third kappa shape index (κ3) is 10.9. The summed E-state index contributed by atoms with van der Waals surface area (Å²) in [6.45, 7) is 5.19. The molecule has 3 unspecified atom stereocenters. The van der Waals surface area contributed by atoms with Crippen LogP contribution in [-0.4, -0.2) is 86.6 Å². The van der Waals surface area contributed by atoms with Crippen LogP contribution >= 0.6 is 0 Å². The number of nitrogens with zero attached hydrogens (tertiary/aromatic N) is 1. The number of hydrogen-bond acceptors (Lipinski definition) is 8. The molecule has 0 spiro atoms. The summed E-state index contributed by atoms with van der Waals surface area (Å²) >= 11 is 0. The molecule has 45 heavy (non-hydrogen) atoms. The van der Waals surface area contributed by atoms with E-state index in [-0.39, 0.29) is 25.2 Å². The molecular formula is C35H45NO9. The summed E-state index contributed by atoms with van der Waals surface area (Å²) < 4.78 is 34.8. The van der Waals surface area contributed by atoms with Crippen molar-refractivity contribution in [2.45, 2.75) is 51.1 Å². The number of ether oxygens (including phenoxy) is 6. The van der Waals surface area contributed by atoms with Crippen LogP contribution in [0.5, 0.6) is 17.2 Å². The van der Waals surface area contributed by atoms with Gasteiger partial charge in [-0.2, -0.15) is 0 Å². The van der Waals surface area contributed by atoms with Gasteiger partial charge in [0.2, 0.25) is 0 Å². The first-order valence-corrected chi connectivity index (χ1v) is 15.4. The molecule has 3 aromatic rings. The molecular weight excluding hydrogens is 578 g/mol. The summed E-state index contributed by atoms with van der Waals surface area (Å²) in [5.74, 6) is 2.32. The summed E-state index contributed by atoms with van der Waals surface area (Å²) in [5, 5.41) is 19.1. The number of piperidine rings is 1. The SMILES string of the molecule is COc1ccccc1COCCCOc1ccc(C2CCN(C(=O)O)CC2OCCOc2ccccc2COCC(C)O)cc1. The van der Waals surface area contributed by atoms with Gasteiger partial charge in [-0.05, 0) is 43.2 Å². The van der Waals surface area contributed by atoms with E-state index >= 15 is 0 Å². The van der Waals surface area contributed by atoms with Gasteiger partial charge in [0.05, 0.1) is 65.5 Å². The highest BCUT2D eigenvalue weighted by atomic mass is 16.5. The molecule has 2 N–H and O–H groups in total. The van der Waals surface area contributed by atoms with Crippen molar-refractivity contribution in [2.75, 3.05) is 53.2 Å². The lowest BCUT2D eigenvalue weighted by molar-refractivity contribution is -0.0210. The lowest BCUT2D eigenvalue weighted by Crippen LogP contribution is -2.46. The monoisotopic (exact) mass is 623 g/mol. The minimum Gasteiger partial charge on any atom is -0.496 e. The van der Waals surface area contributed by atoms with Gasteiger partial charge in [0.15, 0.2) is 0 Å². The van der Waals surface area contributed by atoms with E-state index in [0.717, 1.165) is 34.6 Å². The van der Waals surface area contributed by atoms with Crippen molar-refractivity contribution in [1.82, 2.24) is 4.90 Å². The first-order valence-electron chi connectivity index (χ1n) is 15.4. The smallest absolute Gasteiger partial charge is 0.407 e. The minimum absolute atomic E-state index is 0.0409. The molecule has 4 rings (SSSR count). The fraction of sp³-hybridized carbons (Fsp3) is 0.457. The Bertz CT molecular complexity index is 1300. The van der Waals surface area contributed by atoms with E-state index in [1.807, 2.05) is 72.8 Å². The first kappa shape index (κ1) is 34.1. The number of likely N-dealkylation sites (tertiary alicyclic amines) is 1. The Kier molecular flexibility index (Phi) is 13.8. The maximum absolute atomic E-state index is 11.7. The summed E-state index contributed by atoms with van der Waals surface area (Å²) in [7, 11) is 1.65. The molecule has 10 nitrogen and oxygen atoms in total. The van der Waals surface area contributed by atoms with Crippen LogP contribution in [0.15, 0.2) is 72.8 Å². The zero-order valence-corrected chi connectivity index (χ0v) is 26.1. The zero-order chi connectivity index (χ0) is 31.9. The predicted molar refractivity (Wildman–Crippen MR) is 169 cm³/mol. The summed E-state index contributed by atoms with van der Waals surface area (Å²) in [6, 6.07) is 23.4. The van der Waals surface area contributed by atoms with Crippen molar-refractivity contribution >= 4 is 6.09 Å². The Morgan fingerprint density at radius 2 is 1.56 bits per heavy atom. The molecule has 1 aliphatic heterocycles. The molecule has 1 amide bonds. The number of aliphatic hydroxyl groups excluding tert-OH is 1. The number of benzene rings is 3. The number of amides is 1. The van der Waals surface area contributed by atoms with Gasteiger partial charge in [-0.25, -0.2) is 4.79 Å². The highest BCUT2D eigenvalue weighted by Gasteiger charge is 2.33. The standard InChI is InChI=1S/C35H45NO9/c1-26(37)23-42-25-29-9-4-6-11-33(29)44-20-21-45-34-22-36(35(38)39)17-16-31(34)27-12-14-30(15-13-27)43-19-7-18-41-24-28-8-3-5-10-32(28)40-2/h3-6,8-15,26,31,34,37H,7,16-25H2,1-2H3,(H,38,39). The summed E-state index contributed by atoms with van der Waals surface area (Å²) in [5.41, 5.74) is 2.98. The van der Waals surface area contributed by atoms with Gasteiger partial charge in [0.1, 0.15) is 23.9 Å². The normalized spacial score (nSPS) is 17.1. The van der Waals surface area contributed by atoms with Crippen LogP contribution in [0.3, 0.4) is 0 Å². The van der Waals surface area contributed by atoms with Crippen molar-refractivity contribution in [3.8, 4) is 17.2 Å². The van der Waals surface area contributed by atoms with Crippen molar-refractivity contribution in [2.24, 2.45) is 0 Å². The summed E-state index contributed by atoms with van der Waals surface area (Å²) in [6.07, 6.45) is -0.381. The number of rotatable bonds is 18. The van der Waals surface area contributed by atoms with E-state index in [2.05, 4.69) is 0 Å². The largest absolute Gasteiger partial charge is 0.496 e. The molecule has 1 aliphatic rings. The minimum atomic E-state index is -0.944. The van der Waals surface area contributed by atoms with E-state index in [0.29, 0.717) is 58.4 Å². The second-order valence-electron chi connectivity index (χ2n) is 11.0. The highest BCUT2D eigenvalue weighted by Crippen LogP contribution is 2.32. The average Bonchev–Trinajstić information content (AvgIpc) is 3.05. The lowest BCUT2D eigenvalue weighted by Gasteiger charge is -2.37. The molecule has 10 heteroatoms. The van der Waals surface area contributed by atoms with Crippen LogP contribution in [-0.2, 0) is 27.4 Å². The molecule has 1 fully saturated rings. The van der Waals surface area contributed by atoms with Gasteiger partial charge in [0.25, 0.3) is 0 Å². The van der Waals surface area contributed by atoms with Gasteiger partial charge in [-0.1, -0.05) is 48.5 Å². The van der Waals surface area contributed by atoms with Gasteiger partial charge < -0.3 is 43.5 Å². The maximum Gasteiger partial charge on any atom is 0.407 e. The van der Waals surface area contributed by atoms with E-state index in [1.54, 1.807) is 14.0 Å². The van der Waals surface area contributed by atoms with Gasteiger partial charge in [-0.15, -0.1) is 0 Å². The van der Waals surface area contributed by atoms with Crippen molar-refractivity contribution in [3.05, 3.63) is 89.5 Å². The Labute approximate surface area is 265 Å². The number of carbonyl (C=O) groups is 1. The average molecular weight is 624 g/mol. The number of hydrogen-bond donors (Lipinski definition) is 2. The van der Waals surface area contributed by atoms with Gasteiger partial charge in [0, 0.05) is 30.0 Å². The number of para-hydroxylation sites is 2. The van der Waals surface area contributed by atoms with E-state index in [1.165, 1.54) is 4.90 Å². The third-order valence-electron chi connectivity index (χ3n) is 7.55. The van der Waals surface area contributed by atoms with Crippen LogP contribution in [0, 0.1) is 0 Å². The van der Waals surface area contributed by atoms with Crippen LogP contribution in [0.25, 0.3) is 0 Å². The van der Waals surface area contributed by atoms with E-state index in [9.17, 15) is 15.0 Å². The van der Waals surface area contributed by atoms with Crippen LogP contribution in [0.2, 0.25) is 0 Å². The van der Waals surface area contributed by atoms with E-state index < -0.39 is 12.2 Å². The Morgan fingerprint density at radius 3 is 2.27 bits per heavy atom. The number of aliphatic hydroxyl groups is 1. The Hall–Kier alpha value is -3.83. The Morgan fingerprint density at radius 1 is 0.867 bits per heavy atom. The summed E-state index contributed by atoms with van der Waals surface area (Å²) in [4.78, 5) is 13.1. The fourth-order valence-corrected chi connectivity index (χ4v) is 5.26. The second kappa shape index (κ2) is 18.2. The van der Waals surface area contributed by atoms with Crippen molar-refractivity contribution in [1.29, 1.82) is 0 Å². The molecule has 0 aromatic heterocycles. The van der Waals surface area contributed by atoms with Gasteiger partial charge >= 0.3 is 6.09 Å². The van der Waals surface area contributed by atoms with Crippen LogP contribution in [0.4, 0.5) is 4.79 Å². The Balaban J connectivity index is 1.23. The quantitative estimate of drug-likeness (QED) is 0.177. The first-order chi connectivity index (χ1) is 21.9. The highest BCUT2D eigenvalue weighted by molar-refractivity contribution is 5.65. The second-order valence-corrected chi connectivity index (χ2v) is 11.0. The van der Waals surface area contributed by atoms with Crippen LogP contribution in [0.1, 0.15) is 42.4 Å². The molecule has 0 saturated carbocycles. The third-order valence-corrected chi connectivity index (χ3v) is 7.55. The van der Waals surface area contributed by atoms with Crippen molar-refractivity contribution in [3.63, 3.8) is 0 Å². The molecule has 0 aliphatic carbocycles. The number of carboxylic acid groups (broad SMARTS) is 1. The fourth-order valence-electron chi connectivity index (χ4n) is 5.26. The lowest BCUT2D eigenvalue weighted by atomic mass is 9.87. The molecule has 0 radical (unpaired) electrons. The topological polar surface area (TPSA) is 116 Å². The molecule has 3 atom stereocenters. The molecule has 1 heterocycles. The predicted octanol–water partition coefficient (Wildman–Crippen LogP) is 5.51. The maximum atomic E-state index is 11.7. The van der Waals surface area contributed by atoms with Gasteiger partial charge in [-0.3, -0.25) is 0 Å². The molecule has 244 valence electrons.